The number of nitrogens with zero attached hydrogens (tertiary/aromatic N) is 5. The number of rotatable bonds is 5. The molecule has 3 aromatic rings. The number of hydrogen-bond acceptors (Lipinski definition) is 7. The van der Waals surface area contributed by atoms with Gasteiger partial charge < -0.3 is 15.6 Å². The number of nitrogens with two attached hydrogens (primary N) is 1. The number of hydrogen-bond donors (Lipinski definition) is 2. The number of nitrogens with one attached hydrogen (secondary N) is 1. The second-order valence-electron chi connectivity index (χ2n) is 8.37. The highest BCUT2D eigenvalue weighted by Crippen LogP contribution is 2.19. The van der Waals surface area contributed by atoms with Crippen molar-refractivity contribution in [1.82, 2.24) is 24.8 Å². The van der Waals surface area contributed by atoms with Crippen molar-refractivity contribution in [3.63, 3.8) is 0 Å². The van der Waals surface area contributed by atoms with Crippen molar-refractivity contribution in [3.8, 4) is 6.07 Å². The van der Waals surface area contributed by atoms with E-state index in [-0.39, 0.29) is 17.0 Å². The molecule has 0 radical (unpaired) electrons. The van der Waals surface area contributed by atoms with E-state index in [4.69, 9.17) is 5.73 Å². The van der Waals surface area contributed by atoms with Crippen LogP contribution in [0.2, 0.25) is 0 Å². The first-order chi connectivity index (χ1) is 15.9. The maximum atomic E-state index is 12.8. The van der Waals surface area contributed by atoms with Crippen LogP contribution >= 0.6 is 0 Å². The second-order valence-corrected chi connectivity index (χ2v) is 8.37. The van der Waals surface area contributed by atoms with Crippen LogP contribution in [-0.2, 0) is 17.8 Å². The molecule has 1 aliphatic heterocycles. The van der Waals surface area contributed by atoms with E-state index < -0.39 is 0 Å². The Labute approximate surface area is 191 Å². The number of nitrogen functional groups attached to an aromatic ring is 1. The summed E-state index contributed by atoms with van der Waals surface area (Å²) in [6.07, 6.45) is 0.829. The predicted molar refractivity (Wildman–Crippen MR) is 125 cm³/mol. The second kappa shape index (κ2) is 9.38. The van der Waals surface area contributed by atoms with E-state index in [0.29, 0.717) is 55.4 Å². The van der Waals surface area contributed by atoms with Crippen molar-refractivity contribution in [1.29, 1.82) is 5.26 Å². The minimum absolute atomic E-state index is 0.0735. The number of pyridine rings is 1. The molecule has 1 aliphatic rings. The zero-order chi connectivity index (χ0) is 23.5. The first-order valence-electron chi connectivity index (χ1n) is 11.0. The zero-order valence-electron chi connectivity index (χ0n) is 18.9. The van der Waals surface area contributed by atoms with Gasteiger partial charge in [-0.1, -0.05) is 12.1 Å². The summed E-state index contributed by atoms with van der Waals surface area (Å²) in [6, 6.07) is 9.65. The number of fused-ring (bicyclic) bond motifs is 1. The molecule has 3 N–H and O–H groups in total. The molecule has 4 rings (SSSR count). The summed E-state index contributed by atoms with van der Waals surface area (Å²) in [5.74, 6) is 1.24. The number of nitriles is 1. The van der Waals surface area contributed by atoms with Gasteiger partial charge in [0.15, 0.2) is 0 Å². The van der Waals surface area contributed by atoms with Gasteiger partial charge in [0.05, 0.1) is 12.1 Å². The van der Waals surface area contributed by atoms with Crippen molar-refractivity contribution in [2.75, 3.05) is 31.9 Å². The van der Waals surface area contributed by atoms with E-state index in [2.05, 4.69) is 19.9 Å². The third kappa shape index (κ3) is 4.71. The summed E-state index contributed by atoms with van der Waals surface area (Å²) < 4.78 is 0. The first-order valence-corrected chi connectivity index (χ1v) is 11.0. The number of anilines is 1. The quantitative estimate of drug-likeness (QED) is 0.610. The zero-order valence-corrected chi connectivity index (χ0v) is 18.9. The van der Waals surface area contributed by atoms with E-state index in [9.17, 15) is 14.9 Å². The molecule has 1 saturated heterocycles. The number of aryl methyl sites for hydroxylation is 1. The molecule has 2 aromatic heterocycles. The average Bonchev–Trinajstić information content (AvgIpc) is 2.79. The summed E-state index contributed by atoms with van der Waals surface area (Å²) >= 11 is 0. The number of aromatic amines is 1. The number of H-pyrrole nitrogens is 1. The van der Waals surface area contributed by atoms with Crippen LogP contribution in [-0.4, -0.2) is 56.8 Å². The van der Waals surface area contributed by atoms with Gasteiger partial charge in [-0.2, -0.15) is 5.26 Å². The Bertz CT molecular complexity index is 1300. The monoisotopic (exact) mass is 445 g/mol. The Morgan fingerprint density at radius 3 is 2.64 bits per heavy atom. The molecular formula is C24H27N7O2. The Morgan fingerprint density at radius 1 is 1.18 bits per heavy atom. The number of amides is 1. The Morgan fingerprint density at radius 2 is 1.91 bits per heavy atom. The van der Waals surface area contributed by atoms with Gasteiger partial charge in [-0.3, -0.25) is 14.5 Å². The maximum Gasteiger partial charge on any atom is 0.266 e. The molecule has 1 fully saturated rings. The molecule has 0 atom stereocenters. The number of para-hydroxylation sites is 1. The summed E-state index contributed by atoms with van der Waals surface area (Å²) in [4.78, 5) is 40.6. The normalized spacial score (nSPS) is 14.4. The number of aromatic nitrogens is 3. The molecule has 0 unspecified atom stereocenters. The maximum absolute atomic E-state index is 12.8. The van der Waals surface area contributed by atoms with Gasteiger partial charge in [0.1, 0.15) is 23.3 Å². The first kappa shape index (κ1) is 22.4. The highest BCUT2D eigenvalue weighted by atomic mass is 16.2. The van der Waals surface area contributed by atoms with E-state index in [1.54, 1.807) is 13.8 Å². The third-order valence-electron chi connectivity index (χ3n) is 6.28. The van der Waals surface area contributed by atoms with Crippen molar-refractivity contribution in [2.45, 2.75) is 33.2 Å². The van der Waals surface area contributed by atoms with Crippen LogP contribution in [0, 0.1) is 25.2 Å². The lowest BCUT2D eigenvalue weighted by Crippen LogP contribution is -2.48. The molecule has 3 heterocycles. The Balaban J connectivity index is 1.34. The minimum atomic E-state index is -0.379. The molecule has 9 heteroatoms. The lowest BCUT2D eigenvalue weighted by atomic mass is 9.99. The number of piperazine rings is 1. The van der Waals surface area contributed by atoms with E-state index in [1.165, 1.54) is 0 Å². The van der Waals surface area contributed by atoms with Gasteiger partial charge >= 0.3 is 0 Å². The molecular weight excluding hydrogens is 418 g/mol. The van der Waals surface area contributed by atoms with Gasteiger partial charge in [0.25, 0.3) is 5.56 Å². The Hall–Kier alpha value is -3.77. The fraction of sp³-hybridized carbons (Fsp3) is 0.375. The van der Waals surface area contributed by atoms with Crippen LogP contribution in [0.3, 0.4) is 0 Å². The van der Waals surface area contributed by atoms with Crippen molar-refractivity contribution < 1.29 is 4.79 Å². The summed E-state index contributed by atoms with van der Waals surface area (Å²) in [5, 5.41) is 10.1. The van der Waals surface area contributed by atoms with Gasteiger partial charge in [0, 0.05) is 43.7 Å². The fourth-order valence-electron chi connectivity index (χ4n) is 4.39. The molecule has 9 nitrogen and oxygen atoms in total. The molecule has 170 valence electrons. The van der Waals surface area contributed by atoms with Crippen LogP contribution in [0.4, 0.5) is 5.82 Å². The summed E-state index contributed by atoms with van der Waals surface area (Å²) in [7, 11) is 0. The Kier molecular flexibility index (Phi) is 6.38. The fourth-order valence-corrected chi connectivity index (χ4v) is 4.39. The van der Waals surface area contributed by atoms with E-state index >= 15 is 0 Å². The molecule has 0 spiro atoms. The van der Waals surface area contributed by atoms with Gasteiger partial charge in [-0.05, 0) is 43.5 Å². The van der Waals surface area contributed by atoms with Crippen molar-refractivity contribution in [2.24, 2.45) is 0 Å². The van der Waals surface area contributed by atoms with Crippen LogP contribution in [0.1, 0.15) is 34.6 Å². The van der Waals surface area contributed by atoms with Gasteiger partial charge in [-0.25, -0.2) is 9.97 Å². The van der Waals surface area contributed by atoms with Crippen LogP contribution in [0.25, 0.3) is 10.9 Å². The largest absolute Gasteiger partial charge is 0.383 e. The highest BCUT2D eigenvalue weighted by Gasteiger charge is 2.22. The highest BCUT2D eigenvalue weighted by molar-refractivity contribution is 5.87. The van der Waals surface area contributed by atoms with Crippen molar-refractivity contribution >= 4 is 22.6 Å². The SMILES string of the molecule is Cc1[nH]c(=O)c(C#N)c(C)c1CCC(=O)N1CCN(Cc2nc(N)c3ccccc3n2)CC1. The summed E-state index contributed by atoms with van der Waals surface area (Å²) in [6.45, 7) is 6.89. The summed E-state index contributed by atoms with van der Waals surface area (Å²) in [5.41, 5.74) is 8.90. The van der Waals surface area contributed by atoms with Crippen LogP contribution < -0.4 is 11.3 Å². The molecule has 0 aliphatic carbocycles. The van der Waals surface area contributed by atoms with Crippen LogP contribution in [0.5, 0.6) is 0 Å². The topological polar surface area (TPSA) is 132 Å². The number of benzene rings is 1. The van der Waals surface area contributed by atoms with Crippen molar-refractivity contribution in [3.05, 3.63) is 62.8 Å². The predicted octanol–water partition coefficient (Wildman–Crippen LogP) is 1.67. The number of carbonyl (C=O) groups is 1. The number of carbonyl (C=O) groups excluding carboxylic acids is 1. The lowest BCUT2D eigenvalue weighted by molar-refractivity contribution is -0.133. The molecule has 1 aromatic carbocycles. The van der Waals surface area contributed by atoms with Gasteiger partial charge in [0.2, 0.25) is 5.91 Å². The molecule has 1 amide bonds. The van der Waals surface area contributed by atoms with Gasteiger partial charge in [-0.15, -0.1) is 0 Å². The van der Waals surface area contributed by atoms with Crippen LogP contribution in [0.15, 0.2) is 29.1 Å². The lowest BCUT2D eigenvalue weighted by Gasteiger charge is -2.34. The van der Waals surface area contributed by atoms with E-state index in [1.807, 2.05) is 35.2 Å². The smallest absolute Gasteiger partial charge is 0.266 e. The molecule has 0 bridgehead atoms. The third-order valence-corrected chi connectivity index (χ3v) is 6.28. The average molecular weight is 446 g/mol. The van der Waals surface area contributed by atoms with E-state index in [0.717, 1.165) is 29.6 Å². The minimum Gasteiger partial charge on any atom is -0.383 e. The molecule has 0 saturated carbocycles. The standard InChI is InChI=1S/C24H27N7O2/c1-15-17(16(2)27-24(33)19(15)13-25)7-8-22(32)31-11-9-30(10-12-31)14-21-28-20-6-4-3-5-18(20)23(26)29-21/h3-6H,7-12,14H2,1-2H3,(H,27,33)(H2,26,28,29). The molecule has 33 heavy (non-hydrogen) atoms.